The van der Waals surface area contributed by atoms with Crippen molar-refractivity contribution in [3.05, 3.63) is 67.1 Å². The molecule has 0 saturated carbocycles. The molecule has 0 radical (unpaired) electrons. The van der Waals surface area contributed by atoms with Gasteiger partial charge < -0.3 is 13.9 Å². The molecule has 0 atom stereocenters. The third kappa shape index (κ3) is 1.82. The largest absolute Gasteiger partial charge is 0.464 e. The Morgan fingerprint density at radius 2 is 1.57 bits per heavy atom. The van der Waals surface area contributed by atoms with E-state index in [2.05, 4.69) is 4.98 Å². The van der Waals surface area contributed by atoms with Gasteiger partial charge in [0.25, 0.3) is 0 Å². The second-order valence-corrected chi connectivity index (χ2v) is 5.28. The molecule has 0 N–H and O–H groups in total. The first kappa shape index (κ1) is 12.3. The molecule has 0 fully saturated rings. The zero-order valence-corrected chi connectivity index (χ0v) is 12.0. The van der Waals surface area contributed by atoms with Crippen molar-refractivity contribution in [1.82, 2.24) is 4.98 Å². The van der Waals surface area contributed by atoms with Crippen LogP contribution in [0.3, 0.4) is 0 Å². The Morgan fingerprint density at radius 3 is 2.48 bits per heavy atom. The number of hydrogen-bond donors (Lipinski definition) is 0. The van der Waals surface area contributed by atoms with E-state index in [1.807, 2.05) is 54.6 Å². The van der Waals surface area contributed by atoms with E-state index in [4.69, 9.17) is 13.9 Å². The van der Waals surface area contributed by atoms with E-state index in [0.29, 0.717) is 23.0 Å². The van der Waals surface area contributed by atoms with E-state index in [1.54, 1.807) is 12.5 Å². The number of ether oxygens (including phenoxy) is 2. The molecule has 23 heavy (non-hydrogen) atoms. The Kier molecular flexibility index (Phi) is 2.46. The number of para-hydroxylation sites is 3. The van der Waals surface area contributed by atoms with Crippen LogP contribution in [0, 0.1) is 0 Å². The Hall–Kier alpha value is -3.27. The van der Waals surface area contributed by atoms with E-state index in [9.17, 15) is 0 Å². The number of hydrogen-bond acceptors (Lipinski definition) is 4. The highest BCUT2D eigenvalue weighted by molar-refractivity contribution is 5.94. The van der Waals surface area contributed by atoms with Crippen molar-refractivity contribution >= 4 is 11.0 Å². The monoisotopic (exact) mass is 301 g/mol. The molecule has 4 nitrogen and oxygen atoms in total. The summed E-state index contributed by atoms with van der Waals surface area (Å²) in [6, 6.07) is 17.2. The van der Waals surface area contributed by atoms with Crippen molar-refractivity contribution in [3.63, 3.8) is 0 Å². The Labute approximate surface area is 131 Å². The van der Waals surface area contributed by atoms with E-state index in [-0.39, 0.29) is 0 Å². The molecule has 3 heterocycles. The van der Waals surface area contributed by atoms with Gasteiger partial charge in [-0.1, -0.05) is 18.2 Å². The Balaban J connectivity index is 1.74. The summed E-state index contributed by atoms with van der Waals surface area (Å²) in [5.74, 6) is 2.77. The van der Waals surface area contributed by atoms with Crippen LogP contribution in [0.2, 0.25) is 0 Å². The first-order valence-corrected chi connectivity index (χ1v) is 7.30. The van der Waals surface area contributed by atoms with E-state index < -0.39 is 0 Å². The molecule has 0 spiro atoms. The summed E-state index contributed by atoms with van der Waals surface area (Å²) >= 11 is 0. The Morgan fingerprint density at radius 1 is 0.739 bits per heavy atom. The zero-order valence-electron chi connectivity index (χ0n) is 12.0. The van der Waals surface area contributed by atoms with Gasteiger partial charge in [0.15, 0.2) is 23.0 Å². The lowest BCUT2D eigenvalue weighted by atomic mass is 10.1. The maximum atomic E-state index is 6.09. The normalized spacial score (nSPS) is 12.2. The van der Waals surface area contributed by atoms with Gasteiger partial charge in [0, 0.05) is 17.1 Å². The Bertz CT molecular complexity index is 1040. The quantitative estimate of drug-likeness (QED) is 0.416. The highest BCUT2D eigenvalue weighted by Crippen LogP contribution is 2.49. The zero-order chi connectivity index (χ0) is 15.2. The summed E-state index contributed by atoms with van der Waals surface area (Å²) in [6.07, 6.45) is 3.40. The number of aromatic nitrogens is 1. The van der Waals surface area contributed by atoms with E-state index >= 15 is 0 Å². The lowest BCUT2D eigenvalue weighted by Crippen LogP contribution is -2.00. The molecule has 2 aromatic carbocycles. The SMILES string of the molecule is c1ccc2c(c1)Oc1cccc(-c3nccc4occc34)c1O2. The fraction of sp³-hybridized carbons (Fsp3) is 0. The van der Waals surface area contributed by atoms with Crippen LogP contribution >= 0.6 is 0 Å². The molecular weight excluding hydrogens is 290 g/mol. The van der Waals surface area contributed by atoms with Crippen molar-refractivity contribution in [2.45, 2.75) is 0 Å². The topological polar surface area (TPSA) is 44.5 Å². The van der Waals surface area contributed by atoms with Crippen molar-refractivity contribution in [1.29, 1.82) is 0 Å². The van der Waals surface area contributed by atoms with Crippen molar-refractivity contribution in [2.75, 3.05) is 0 Å². The lowest BCUT2D eigenvalue weighted by Gasteiger charge is -2.22. The standard InChI is InChI=1S/C19H11NO3/c1-2-6-16-15(5-1)22-17-7-3-4-13(19(17)23-16)18-12-9-11-21-14(12)8-10-20-18/h1-11H. The van der Waals surface area contributed by atoms with Gasteiger partial charge in [-0.05, 0) is 36.4 Å². The summed E-state index contributed by atoms with van der Waals surface area (Å²) in [7, 11) is 0. The number of nitrogens with zero attached hydrogens (tertiary/aromatic N) is 1. The molecule has 110 valence electrons. The fourth-order valence-electron chi connectivity index (χ4n) is 2.84. The molecular formula is C19H11NO3. The van der Waals surface area contributed by atoms with Gasteiger partial charge in [-0.15, -0.1) is 0 Å². The molecule has 5 rings (SSSR count). The van der Waals surface area contributed by atoms with Crippen molar-refractivity contribution < 1.29 is 13.9 Å². The van der Waals surface area contributed by atoms with Gasteiger partial charge in [0.1, 0.15) is 5.58 Å². The van der Waals surface area contributed by atoms with Crippen LogP contribution in [0.5, 0.6) is 23.0 Å². The number of pyridine rings is 1. The second kappa shape index (κ2) is 4.61. The molecule has 0 amide bonds. The highest BCUT2D eigenvalue weighted by atomic mass is 16.6. The number of rotatable bonds is 1. The molecule has 0 aliphatic carbocycles. The molecule has 2 aromatic heterocycles. The van der Waals surface area contributed by atoms with E-state index in [0.717, 1.165) is 22.2 Å². The van der Waals surface area contributed by atoms with Gasteiger partial charge in [-0.2, -0.15) is 0 Å². The maximum absolute atomic E-state index is 6.09. The molecule has 0 unspecified atom stereocenters. The van der Waals surface area contributed by atoms with Gasteiger partial charge in [0.05, 0.1) is 12.0 Å². The van der Waals surface area contributed by atoms with E-state index in [1.165, 1.54) is 0 Å². The number of benzene rings is 2. The summed E-state index contributed by atoms with van der Waals surface area (Å²) in [5, 5.41) is 0.948. The van der Waals surface area contributed by atoms with Crippen LogP contribution in [-0.2, 0) is 0 Å². The summed E-state index contributed by atoms with van der Waals surface area (Å²) < 4.78 is 17.5. The smallest absolute Gasteiger partial charge is 0.179 e. The molecule has 1 aliphatic rings. The molecule has 0 saturated heterocycles. The lowest BCUT2D eigenvalue weighted by molar-refractivity contribution is 0.360. The van der Waals surface area contributed by atoms with Crippen LogP contribution in [0.4, 0.5) is 0 Å². The average Bonchev–Trinajstić information content (AvgIpc) is 3.08. The minimum Gasteiger partial charge on any atom is -0.464 e. The maximum Gasteiger partial charge on any atom is 0.179 e. The minimum atomic E-state index is 0.674. The fourth-order valence-corrected chi connectivity index (χ4v) is 2.84. The van der Waals surface area contributed by atoms with Gasteiger partial charge >= 0.3 is 0 Å². The van der Waals surface area contributed by atoms with Gasteiger partial charge in [-0.3, -0.25) is 4.98 Å². The predicted molar refractivity (Wildman–Crippen MR) is 86.0 cm³/mol. The van der Waals surface area contributed by atoms with Crippen LogP contribution in [0.1, 0.15) is 0 Å². The van der Waals surface area contributed by atoms with Crippen LogP contribution in [0.25, 0.3) is 22.2 Å². The van der Waals surface area contributed by atoms with Gasteiger partial charge in [0.2, 0.25) is 0 Å². The minimum absolute atomic E-state index is 0.674. The third-order valence-corrected chi connectivity index (χ3v) is 3.89. The molecule has 0 bridgehead atoms. The third-order valence-electron chi connectivity index (χ3n) is 3.89. The summed E-state index contributed by atoms with van der Waals surface area (Å²) in [4.78, 5) is 4.52. The van der Waals surface area contributed by atoms with Crippen LogP contribution in [0.15, 0.2) is 71.5 Å². The second-order valence-electron chi connectivity index (χ2n) is 5.28. The van der Waals surface area contributed by atoms with Crippen molar-refractivity contribution in [2.24, 2.45) is 0 Å². The molecule has 4 aromatic rings. The molecule has 4 heteroatoms. The predicted octanol–water partition coefficient (Wildman–Crippen LogP) is 5.39. The molecule has 1 aliphatic heterocycles. The van der Waals surface area contributed by atoms with Crippen LogP contribution in [-0.4, -0.2) is 4.98 Å². The van der Waals surface area contributed by atoms with Gasteiger partial charge in [-0.25, -0.2) is 0 Å². The van der Waals surface area contributed by atoms with Crippen molar-refractivity contribution in [3.8, 4) is 34.3 Å². The summed E-state index contributed by atoms with van der Waals surface area (Å²) in [5.41, 5.74) is 2.49. The van der Waals surface area contributed by atoms with Crippen LogP contribution < -0.4 is 9.47 Å². The first-order valence-electron chi connectivity index (χ1n) is 7.30. The number of fused-ring (bicyclic) bond motifs is 3. The number of furan rings is 1. The highest BCUT2D eigenvalue weighted by Gasteiger charge is 2.23. The average molecular weight is 301 g/mol. The first-order chi connectivity index (χ1) is 11.4. The summed E-state index contributed by atoms with van der Waals surface area (Å²) in [6.45, 7) is 0.